The molecule has 0 aliphatic heterocycles. The topological polar surface area (TPSA) is 66.2 Å². The highest BCUT2D eigenvalue weighted by Gasteiger charge is 2.36. The van der Waals surface area contributed by atoms with Gasteiger partial charge in [-0.3, -0.25) is 4.57 Å². The summed E-state index contributed by atoms with van der Waals surface area (Å²) in [6.07, 6.45) is 2.15. The van der Waals surface area contributed by atoms with E-state index in [0.717, 1.165) is 18.5 Å². The van der Waals surface area contributed by atoms with Crippen LogP contribution in [-0.2, 0) is 19.8 Å². The van der Waals surface area contributed by atoms with E-state index in [9.17, 15) is 4.57 Å². The summed E-state index contributed by atoms with van der Waals surface area (Å²) in [6.45, 7) is 4.16. The molecule has 136 valence electrons. The van der Waals surface area contributed by atoms with Crippen molar-refractivity contribution < 1.29 is 13.6 Å². The molecule has 0 saturated heterocycles. The van der Waals surface area contributed by atoms with Crippen LogP contribution in [0.15, 0.2) is 18.2 Å². The van der Waals surface area contributed by atoms with Gasteiger partial charge in [-0.15, -0.1) is 5.10 Å². The van der Waals surface area contributed by atoms with Crippen molar-refractivity contribution in [1.29, 1.82) is 0 Å². The van der Waals surface area contributed by atoms with Crippen LogP contribution in [0.5, 0.6) is 0 Å². The predicted octanol–water partition coefficient (Wildman–Crippen LogP) is 5.22. The molecule has 1 aromatic carbocycles. The highest BCUT2D eigenvalue weighted by Crippen LogP contribution is 2.53. The van der Waals surface area contributed by atoms with Gasteiger partial charge in [-0.2, -0.15) is 0 Å². The summed E-state index contributed by atoms with van der Waals surface area (Å²) in [5, 5.41) is 9.44. The van der Waals surface area contributed by atoms with E-state index in [4.69, 9.17) is 32.2 Å². The fourth-order valence-electron chi connectivity index (χ4n) is 2.71. The zero-order valence-corrected chi connectivity index (χ0v) is 16.5. The van der Waals surface area contributed by atoms with Crippen LogP contribution in [0, 0.1) is 0 Å². The maximum atomic E-state index is 13.0. The van der Waals surface area contributed by atoms with Gasteiger partial charge in [-0.25, -0.2) is 4.68 Å². The van der Waals surface area contributed by atoms with E-state index < -0.39 is 7.60 Å². The first-order valence-electron chi connectivity index (χ1n) is 8.26. The Morgan fingerprint density at radius 3 is 2.32 bits per heavy atom. The Hall–Kier alpha value is -0.910. The lowest BCUT2D eigenvalue weighted by Gasteiger charge is -2.18. The van der Waals surface area contributed by atoms with Crippen LogP contribution in [-0.4, -0.2) is 28.2 Å². The van der Waals surface area contributed by atoms with Gasteiger partial charge in [-0.05, 0) is 38.8 Å². The third kappa shape index (κ3) is 4.09. The van der Waals surface area contributed by atoms with Crippen molar-refractivity contribution in [2.45, 2.75) is 38.8 Å². The van der Waals surface area contributed by atoms with Gasteiger partial charge in [0.25, 0.3) is 0 Å². The lowest BCUT2D eigenvalue weighted by molar-refractivity contribution is 0.218. The Kier molecular flexibility index (Phi) is 5.86. The number of rotatable bonds is 8. The molecule has 0 spiro atoms. The fraction of sp³-hybridized carbons (Fsp3) is 0.500. The Labute approximate surface area is 156 Å². The summed E-state index contributed by atoms with van der Waals surface area (Å²) in [5.41, 5.74) is 2.03. The second-order valence-electron chi connectivity index (χ2n) is 5.78. The van der Waals surface area contributed by atoms with Crippen molar-refractivity contribution in [3.05, 3.63) is 39.6 Å². The van der Waals surface area contributed by atoms with Crippen molar-refractivity contribution >= 4 is 30.8 Å². The van der Waals surface area contributed by atoms with Crippen molar-refractivity contribution in [2.24, 2.45) is 0 Å². The van der Waals surface area contributed by atoms with E-state index in [2.05, 4.69) is 10.3 Å². The Balaban J connectivity index is 2.08. The summed E-state index contributed by atoms with van der Waals surface area (Å²) >= 11 is 12.7. The molecule has 0 bridgehead atoms. The van der Waals surface area contributed by atoms with Crippen molar-refractivity contribution in [2.75, 3.05) is 13.2 Å². The smallest absolute Gasteiger partial charge is 0.309 e. The van der Waals surface area contributed by atoms with E-state index in [1.807, 2.05) is 0 Å². The van der Waals surface area contributed by atoms with Crippen molar-refractivity contribution in [3.8, 4) is 5.69 Å². The van der Waals surface area contributed by atoms with Gasteiger partial charge in [0.05, 0.1) is 40.8 Å². The van der Waals surface area contributed by atoms with Crippen molar-refractivity contribution in [3.63, 3.8) is 0 Å². The quantitative estimate of drug-likeness (QED) is 0.565. The van der Waals surface area contributed by atoms with Crippen LogP contribution < -0.4 is 0 Å². The number of hydrogen-bond donors (Lipinski definition) is 0. The molecular weight excluding hydrogens is 384 g/mol. The average molecular weight is 404 g/mol. The molecule has 25 heavy (non-hydrogen) atoms. The standard InChI is InChI=1S/C16H20Cl2N3O3P/c1-3-23-25(22,24-4-2)10-14-15(11-8-9-11)19-20-21(14)16-12(17)6-5-7-13(16)18/h5-7,11H,3-4,8-10H2,1-2H3. The third-order valence-electron chi connectivity index (χ3n) is 3.90. The average Bonchev–Trinajstić information content (AvgIpc) is 3.31. The molecule has 0 amide bonds. The molecule has 1 fully saturated rings. The molecule has 3 rings (SSSR count). The largest absolute Gasteiger partial charge is 0.336 e. The third-order valence-corrected chi connectivity index (χ3v) is 6.50. The van der Waals surface area contributed by atoms with Gasteiger partial charge < -0.3 is 9.05 Å². The molecule has 0 unspecified atom stereocenters. The van der Waals surface area contributed by atoms with Gasteiger partial charge in [0.1, 0.15) is 5.69 Å². The van der Waals surface area contributed by atoms with Gasteiger partial charge in [0.2, 0.25) is 0 Å². The first-order chi connectivity index (χ1) is 12.0. The molecule has 0 atom stereocenters. The molecule has 2 aromatic rings. The summed E-state index contributed by atoms with van der Waals surface area (Å²) < 4.78 is 25.5. The van der Waals surface area contributed by atoms with E-state index >= 15 is 0 Å². The molecule has 0 N–H and O–H groups in total. The van der Waals surface area contributed by atoms with Gasteiger partial charge in [0, 0.05) is 5.92 Å². The minimum absolute atomic E-state index is 0.0784. The minimum atomic E-state index is -3.31. The van der Waals surface area contributed by atoms with Crippen LogP contribution in [0.25, 0.3) is 5.69 Å². The summed E-state index contributed by atoms with van der Waals surface area (Å²) in [5.74, 6) is 0.321. The monoisotopic (exact) mass is 403 g/mol. The molecule has 6 nitrogen and oxygen atoms in total. The number of hydrogen-bond acceptors (Lipinski definition) is 5. The number of nitrogens with zero attached hydrogens (tertiary/aromatic N) is 3. The van der Waals surface area contributed by atoms with E-state index in [1.54, 1.807) is 36.7 Å². The van der Waals surface area contributed by atoms with Crippen LogP contribution in [0.3, 0.4) is 0 Å². The van der Waals surface area contributed by atoms with Crippen LogP contribution >= 0.6 is 30.8 Å². The summed E-state index contributed by atoms with van der Waals surface area (Å²) in [6, 6.07) is 5.23. The molecule has 1 saturated carbocycles. The molecule has 1 aliphatic carbocycles. The van der Waals surface area contributed by atoms with Gasteiger partial charge in [0.15, 0.2) is 0 Å². The molecule has 1 aliphatic rings. The van der Waals surface area contributed by atoms with E-state index in [0.29, 0.717) is 40.6 Å². The summed E-state index contributed by atoms with van der Waals surface area (Å²) in [7, 11) is -3.31. The van der Waals surface area contributed by atoms with E-state index in [-0.39, 0.29) is 6.16 Å². The number of halogens is 2. The lowest BCUT2D eigenvalue weighted by atomic mass is 10.2. The summed E-state index contributed by atoms with van der Waals surface area (Å²) in [4.78, 5) is 0. The first-order valence-corrected chi connectivity index (χ1v) is 10.7. The maximum Gasteiger partial charge on any atom is 0.336 e. The molecular formula is C16H20Cl2N3O3P. The first kappa shape index (κ1) is 18.9. The van der Waals surface area contributed by atoms with Crippen molar-refractivity contribution in [1.82, 2.24) is 15.0 Å². The van der Waals surface area contributed by atoms with Gasteiger partial charge in [-0.1, -0.05) is 34.5 Å². The second-order valence-corrected chi connectivity index (χ2v) is 8.65. The highest BCUT2D eigenvalue weighted by molar-refractivity contribution is 7.53. The molecule has 0 radical (unpaired) electrons. The zero-order valence-electron chi connectivity index (χ0n) is 14.1. The normalized spacial score (nSPS) is 14.9. The number of aromatic nitrogens is 3. The van der Waals surface area contributed by atoms with Crippen LogP contribution in [0.4, 0.5) is 0 Å². The fourth-order valence-corrected chi connectivity index (χ4v) is 4.98. The maximum absolute atomic E-state index is 13.0. The SMILES string of the molecule is CCOP(=O)(Cc1c(C2CC2)nnn1-c1c(Cl)cccc1Cl)OCC. The van der Waals surface area contributed by atoms with Crippen LogP contribution in [0.1, 0.15) is 44.0 Å². The minimum Gasteiger partial charge on any atom is -0.309 e. The highest BCUT2D eigenvalue weighted by atomic mass is 35.5. The molecule has 1 aromatic heterocycles. The Morgan fingerprint density at radius 1 is 1.20 bits per heavy atom. The molecule has 1 heterocycles. The number of benzene rings is 1. The zero-order chi connectivity index (χ0) is 18.0. The Morgan fingerprint density at radius 2 is 1.80 bits per heavy atom. The molecule has 9 heteroatoms. The van der Waals surface area contributed by atoms with Crippen LogP contribution in [0.2, 0.25) is 10.0 Å². The predicted molar refractivity (Wildman–Crippen MR) is 97.9 cm³/mol. The lowest BCUT2D eigenvalue weighted by Crippen LogP contribution is -2.08. The van der Waals surface area contributed by atoms with E-state index in [1.165, 1.54) is 0 Å². The number of para-hydroxylation sites is 1. The van der Waals surface area contributed by atoms with Gasteiger partial charge >= 0.3 is 7.60 Å². The second kappa shape index (κ2) is 7.77. The Bertz CT molecular complexity index is 778.